The van der Waals surface area contributed by atoms with Crippen LogP contribution in [-0.2, 0) is 6.54 Å². The summed E-state index contributed by atoms with van der Waals surface area (Å²) in [6, 6.07) is 17.8. The quantitative estimate of drug-likeness (QED) is 0.396. The lowest BCUT2D eigenvalue weighted by molar-refractivity contribution is 0.0923. The maximum atomic E-state index is 13.0. The fourth-order valence-electron chi connectivity index (χ4n) is 5.91. The van der Waals surface area contributed by atoms with Crippen LogP contribution in [0.1, 0.15) is 67.3 Å². The van der Waals surface area contributed by atoms with Crippen molar-refractivity contribution in [2.75, 3.05) is 18.6 Å². The number of nitrogens with one attached hydrogen (secondary N) is 2. The first-order chi connectivity index (χ1) is 19.0. The molecule has 2 fully saturated rings. The first-order valence-corrected chi connectivity index (χ1v) is 13.7. The zero-order valence-electron chi connectivity index (χ0n) is 22.8. The second kappa shape index (κ2) is 11.8. The zero-order chi connectivity index (χ0) is 27.4. The van der Waals surface area contributed by atoms with Gasteiger partial charge in [-0.2, -0.15) is 0 Å². The lowest BCUT2D eigenvalue weighted by Gasteiger charge is -2.40. The number of pyridine rings is 1. The van der Waals surface area contributed by atoms with Crippen molar-refractivity contribution in [1.82, 2.24) is 15.6 Å². The Morgan fingerprint density at radius 1 is 1.00 bits per heavy atom. The van der Waals surface area contributed by atoms with Gasteiger partial charge in [0.05, 0.1) is 19.3 Å². The van der Waals surface area contributed by atoms with Gasteiger partial charge in [-0.1, -0.05) is 24.3 Å². The van der Waals surface area contributed by atoms with Crippen molar-refractivity contribution in [2.45, 2.75) is 64.2 Å². The van der Waals surface area contributed by atoms with Crippen LogP contribution in [-0.4, -0.2) is 48.6 Å². The summed E-state index contributed by atoms with van der Waals surface area (Å²) in [6.07, 6.45) is 5.53. The van der Waals surface area contributed by atoms with Gasteiger partial charge in [-0.05, 0) is 69.9 Å². The number of carbonyl (C=O) groups excluding carboxylic acids is 2. The van der Waals surface area contributed by atoms with Crippen molar-refractivity contribution in [3.63, 3.8) is 0 Å². The minimum absolute atomic E-state index is 0. The summed E-state index contributed by atoms with van der Waals surface area (Å²) >= 11 is 0. The fourth-order valence-corrected chi connectivity index (χ4v) is 5.91. The highest BCUT2D eigenvalue weighted by molar-refractivity contribution is 5.96. The average molecular weight is 533 g/mol. The van der Waals surface area contributed by atoms with Gasteiger partial charge in [0.1, 0.15) is 17.3 Å². The monoisotopic (exact) mass is 532 g/mol. The number of methoxy groups -OCH3 is 1. The molecular formula is C31H40N4O4. The van der Waals surface area contributed by atoms with Gasteiger partial charge in [0.15, 0.2) is 0 Å². The van der Waals surface area contributed by atoms with Crippen LogP contribution in [0.3, 0.4) is 0 Å². The van der Waals surface area contributed by atoms with Crippen molar-refractivity contribution in [3.8, 4) is 11.5 Å². The molecule has 2 aliphatic heterocycles. The predicted molar refractivity (Wildman–Crippen MR) is 155 cm³/mol. The summed E-state index contributed by atoms with van der Waals surface area (Å²) in [5.41, 5.74) is 2.96. The van der Waals surface area contributed by atoms with Gasteiger partial charge < -0.3 is 25.0 Å². The molecule has 2 atom stereocenters. The van der Waals surface area contributed by atoms with Crippen LogP contribution in [0.25, 0.3) is 0 Å². The van der Waals surface area contributed by atoms with E-state index in [1.54, 1.807) is 13.3 Å². The molecular weight excluding hydrogens is 492 g/mol. The Morgan fingerprint density at radius 2 is 1.74 bits per heavy atom. The van der Waals surface area contributed by atoms with E-state index < -0.39 is 0 Å². The third kappa shape index (κ3) is 5.70. The van der Waals surface area contributed by atoms with E-state index in [-0.39, 0.29) is 20.7 Å². The molecule has 0 saturated carbocycles. The largest absolute Gasteiger partial charge is 0.496 e. The van der Waals surface area contributed by atoms with Crippen molar-refractivity contribution in [3.05, 3.63) is 83.0 Å². The van der Waals surface area contributed by atoms with E-state index in [0.29, 0.717) is 36.4 Å². The number of nitrogens with zero attached hydrogens (tertiary/aromatic N) is 2. The van der Waals surface area contributed by atoms with Gasteiger partial charge in [0.25, 0.3) is 11.8 Å². The van der Waals surface area contributed by atoms with Crippen molar-refractivity contribution in [2.24, 2.45) is 0 Å². The maximum absolute atomic E-state index is 13.0. The van der Waals surface area contributed by atoms with Crippen LogP contribution < -0.4 is 25.0 Å². The van der Waals surface area contributed by atoms with Crippen molar-refractivity contribution >= 4 is 17.6 Å². The Balaban J connectivity index is 0.00000231. The molecule has 39 heavy (non-hydrogen) atoms. The summed E-state index contributed by atoms with van der Waals surface area (Å²) in [7, 11) is 1.62. The number of hydrogen-bond acceptors (Lipinski definition) is 6. The summed E-state index contributed by atoms with van der Waals surface area (Å²) in [5.74, 6) is 2.16. The van der Waals surface area contributed by atoms with E-state index in [4.69, 9.17) is 9.47 Å². The molecule has 208 valence electrons. The molecule has 8 heteroatoms. The molecule has 2 aliphatic rings. The van der Waals surface area contributed by atoms with Crippen molar-refractivity contribution in [1.29, 1.82) is 0 Å². The molecule has 1 aromatic heterocycles. The zero-order valence-corrected chi connectivity index (χ0v) is 22.8. The molecule has 2 aromatic carbocycles. The summed E-state index contributed by atoms with van der Waals surface area (Å²) in [5, 5.41) is 6.23. The number of anilines is 1. The van der Waals surface area contributed by atoms with E-state index in [2.05, 4.69) is 20.5 Å². The highest BCUT2D eigenvalue weighted by atomic mass is 16.5. The van der Waals surface area contributed by atoms with Crippen LogP contribution in [0.5, 0.6) is 11.5 Å². The fraction of sp³-hybridized carbons (Fsp3) is 0.387. The van der Waals surface area contributed by atoms with Crippen molar-refractivity contribution < 1.29 is 21.9 Å². The first kappa shape index (κ1) is 26.5. The minimum atomic E-state index is -0.169. The van der Waals surface area contributed by atoms with E-state index in [1.807, 2.05) is 68.4 Å². The predicted octanol–water partition coefficient (Wildman–Crippen LogP) is 5.15. The van der Waals surface area contributed by atoms with Gasteiger partial charge in [-0.3, -0.25) is 9.59 Å². The Morgan fingerprint density at radius 3 is 2.44 bits per heavy atom. The van der Waals surface area contributed by atoms with Crippen LogP contribution in [0.2, 0.25) is 0 Å². The SMILES string of the molecule is CCOc1ccccc1CNC(=O)c1ccc(N2C3CCC2CC(NC(=O)c2cccc(OC)c2C)C3)nc1.[HH].[HH]. The number of aromatic nitrogens is 1. The number of fused-ring (bicyclic) bond motifs is 2. The second-order valence-electron chi connectivity index (χ2n) is 10.2. The van der Waals surface area contributed by atoms with E-state index >= 15 is 0 Å². The third-order valence-corrected chi connectivity index (χ3v) is 7.80. The first-order valence-electron chi connectivity index (χ1n) is 13.7. The number of amides is 2. The third-order valence-electron chi connectivity index (χ3n) is 7.80. The average Bonchev–Trinajstić information content (AvgIpc) is 3.22. The number of carbonyl (C=O) groups is 2. The number of hydrogen-bond donors (Lipinski definition) is 2. The Kier molecular flexibility index (Phi) is 8.00. The highest BCUT2D eigenvalue weighted by Gasteiger charge is 2.42. The Bertz CT molecular complexity index is 1320. The molecule has 3 aromatic rings. The van der Waals surface area contributed by atoms with E-state index in [9.17, 15) is 9.59 Å². The molecule has 0 aliphatic carbocycles. The summed E-state index contributed by atoms with van der Waals surface area (Å²) < 4.78 is 11.0. The number of benzene rings is 2. The lowest BCUT2D eigenvalue weighted by Crippen LogP contribution is -2.50. The van der Waals surface area contributed by atoms with Crippen LogP contribution in [0.15, 0.2) is 60.8 Å². The Labute approximate surface area is 232 Å². The van der Waals surface area contributed by atoms with Crippen LogP contribution in [0, 0.1) is 6.92 Å². The number of para-hydroxylation sites is 1. The molecule has 2 amide bonds. The summed E-state index contributed by atoms with van der Waals surface area (Å²) in [4.78, 5) is 32.9. The van der Waals surface area contributed by atoms with Gasteiger partial charge in [0, 0.05) is 50.4 Å². The topological polar surface area (TPSA) is 92.8 Å². The Hall–Kier alpha value is -4.07. The standard InChI is InChI=1S/C31H36N4O4.2H2/c1-4-39-28-10-6-5-8-21(28)18-33-30(36)22-12-15-29(32-19-22)35-24-13-14-25(35)17-23(16-24)34-31(37)26-9-7-11-27(38-3)20(26)2;;/h5-12,15,19,23-25H,4,13-14,16-18H2,1-3H3,(H,33,36)(H,34,37);2*1H. The summed E-state index contributed by atoms with van der Waals surface area (Å²) in [6.45, 7) is 4.81. The highest BCUT2D eigenvalue weighted by Crippen LogP contribution is 2.38. The maximum Gasteiger partial charge on any atom is 0.253 e. The molecule has 8 nitrogen and oxygen atoms in total. The van der Waals surface area contributed by atoms with Gasteiger partial charge >= 0.3 is 0 Å². The molecule has 0 spiro atoms. The number of piperidine rings is 1. The van der Waals surface area contributed by atoms with Gasteiger partial charge in [-0.25, -0.2) is 4.98 Å². The normalized spacial score (nSPS) is 19.9. The minimum Gasteiger partial charge on any atom is -0.496 e. The number of ether oxygens (including phenoxy) is 2. The molecule has 2 N–H and O–H groups in total. The van der Waals surface area contributed by atoms with E-state index in [1.165, 1.54) is 0 Å². The molecule has 0 radical (unpaired) electrons. The number of rotatable bonds is 9. The van der Waals surface area contributed by atoms with E-state index in [0.717, 1.165) is 54.1 Å². The molecule has 5 rings (SSSR count). The molecule has 2 bridgehead atoms. The van der Waals surface area contributed by atoms with Gasteiger partial charge in [-0.15, -0.1) is 0 Å². The molecule has 2 unspecified atom stereocenters. The lowest BCUT2D eigenvalue weighted by atomic mass is 9.96. The molecule has 3 heterocycles. The van der Waals surface area contributed by atoms with Gasteiger partial charge in [0.2, 0.25) is 0 Å². The smallest absolute Gasteiger partial charge is 0.253 e. The van der Waals surface area contributed by atoms with Crippen LogP contribution >= 0.6 is 0 Å². The second-order valence-corrected chi connectivity index (χ2v) is 10.2. The molecule has 2 saturated heterocycles. The van der Waals surface area contributed by atoms with Crippen LogP contribution in [0.4, 0.5) is 5.82 Å².